The summed E-state index contributed by atoms with van der Waals surface area (Å²) in [5.74, 6) is -1.00. The molecule has 12 heteroatoms. The molecule has 4 aromatic carbocycles. The number of nitrogens with one attached hydrogen (secondary N) is 2. The number of benzene rings is 4. The van der Waals surface area contributed by atoms with Gasteiger partial charge in [0.05, 0.1) is 34.9 Å². The molecule has 4 heterocycles. The standard InChI is InChI=1S/2C24H18FN3O2/c2*25-23-14-19(10-12-27-23)18-8-9-22(30-16-17-5-2-1-3-6-17)21(13-18)24(29)28-20-7-4-11-26-15-20/h2*1-15H,16H2,(H,28,29). The predicted octanol–water partition coefficient (Wildman–Crippen LogP) is 10.2. The number of carbonyl (C=O) groups is 2. The first-order valence-electron chi connectivity index (χ1n) is 18.7. The molecule has 4 aromatic heterocycles. The number of rotatable bonds is 12. The first-order chi connectivity index (χ1) is 29.4. The first-order valence-corrected chi connectivity index (χ1v) is 18.7. The zero-order chi connectivity index (χ0) is 41.5. The lowest BCUT2D eigenvalue weighted by molar-refractivity contribution is 0.101. The van der Waals surface area contributed by atoms with Gasteiger partial charge in [0.15, 0.2) is 0 Å². The Morgan fingerprint density at radius 2 is 0.883 bits per heavy atom. The van der Waals surface area contributed by atoms with Gasteiger partial charge in [-0.25, -0.2) is 9.97 Å². The highest BCUT2D eigenvalue weighted by atomic mass is 19.1. The van der Waals surface area contributed by atoms with E-state index in [-0.39, 0.29) is 11.8 Å². The summed E-state index contributed by atoms with van der Waals surface area (Å²) in [6.07, 6.45) is 9.15. The molecule has 0 aliphatic heterocycles. The number of halogens is 2. The van der Waals surface area contributed by atoms with Gasteiger partial charge < -0.3 is 20.1 Å². The Morgan fingerprint density at radius 3 is 1.27 bits per heavy atom. The number of hydrogen-bond donors (Lipinski definition) is 2. The van der Waals surface area contributed by atoms with Gasteiger partial charge in [-0.3, -0.25) is 19.6 Å². The first kappa shape index (κ1) is 40.1. The van der Waals surface area contributed by atoms with Crippen molar-refractivity contribution in [1.82, 2.24) is 19.9 Å². The van der Waals surface area contributed by atoms with E-state index in [0.717, 1.165) is 11.1 Å². The van der Waals surface area contributed by atoms with Crippen LogP contribution >= 0.6 is 0 Å². The third-order valence-electron chi connectivity index (χ3n) is 8.88. The third kappa shape index (κ3) is 11.0. The fourth-order valence-corrected chi connectivity index (χ4v) is 5.93. The average molecular weight is 799 g/mol. The third-order valence-corrected chi connectivity index (χ3v) is 8.88. The van der Waals surface area contributed by atoms with Crippen LogP contribution in [0.3, 0.4) is 0 Å². The summed E-state index contributed by atoms with van der Waals surface area (Å²) in [5.41, 5.74) is 6.37. The highest BCUT2D eigenvalue weighted by Gasteiger charge is 2.17. The van der Waals surface area contributed by atoms with E-state index in [1.807, 2.05) is 60.7 Å². The van der Waals surface area contributed by atoms with Gasteiger partial charge in [0.25, 0.3) is 11.8 Å². The summed E-state index contributed by atoms with van der Waals surface area (Å²) < 4.78 is 39.0. The summed E-state index contributed by atoms with van der Waals surface area (Å²) in [4.78, 5) is 41.2. The molecule has 60 heavy (non-hydrogen) atoms. The van der Waals surface area contributed by atoms with Crippen LogP contribution in [0.4, 0.5) is 20.2 Å². The lowest BCUT2D eigenvalue weighted by Crippen LogP contribution is -2.14. The van der Waals surface area contributed by atoms with Crippen LogP contribution < -0.4 is 20.1 Å². The Labute approximate surface area is 344 Å². The van der Waals surface area contributed by atoms with Crippen molar-refractivity contribution >= 4 is 23.2 Å². The van der Waals surface area contributed by atoms with Crippen molar-refractivity contribution in [3.63, 3.8) is 0 Å². The predicted molar refractivity (Wildman–Crippen MR) is 225 cm³/mol. The van der Waals surface area contributed by atoms with Gasteiger partial charge in [-0.1, -0.05) is 72.8 Å². The van der Waals surface area contributed by atoms with Crippen LogP contribution in [-0.4, -0.2) is 31.8 Å². The van der Waals surface area contributed by atoms with Gasteiger partial charge in [-0.2, -0.15) is 8.78 Å². The summed E-state index contributed by atoms with van der Waals surface area (Å²) in [7, 11) is 0. The molecule has 0 saturated heterocycles. The van der Waals surface area contributed by atoms with Gasteiger partial charge in [0.1, 0.15) is 24.7 Å². The number of aromatic nitrogens is 4. The van der Waals surface area contributed by atoms with Gasteiger partial charge in [-0.05, 0) is 94.0 Å². The van der Waals surface area contributed by atoms with Crippen molar-refractivity contribution < 1.29 is 27.8 Å². The molecule has 0 unspecified atom stereocenters. The lowest BCUT2D eigenvalue weighted by Gasteiger charge is -2.14. The molecule has 0 bridgehead atoms. The zero-order valence-electron chi connectivity index (χ0n) is 31.9. The van der Waals surface area contributed by atoms with Crippen molar-refractivity contribution in [3.05, 3.63) is 217 Å². The summed E-state index contributed by atoms with van der Waals surface area (Å²) in [6, 6.07) is 42.7. The van der Waals surface area contributed by atoms with E-state index < -0.39 is 11.9 Å². The summed E-state index contributed by atoms with van der Waals surface area (Å²) in [5, 5.41) is 5.64. The van der Waals surface area contributed by atoms with Crippen LogP contribution in [0.2, 0.25) is 0 Å². The second kappa shape index (κ2) is 19.8. The molecule has 0 aliphatic carbocycles. The molecule has 0 spiro atoms. The molecule has 2 amide bonds. The van der Waals surface area contributed by atoms with Crippen molar-refractivity contribution in [2.75, 3.05) is 10.6 Å². The van der Waals surface area contributed by atoms with Gasteiger partial charge in [-0.15, -0.1) is 0 Å². The van der Waals surface area contributed by atoms with Crippen LogP contribution in [0.25, 0.3) is 22.3 Å². The van der Waals surface area contributed by atoms with Crippen molar-refractivity contribution in [2.24, 2.45) is 0 Å². The van der Waals surface area contributed by atoms with E-state index in [9.17, 15) is 18.4 Å². The maximum absolute atomic E-state index is 13.6. The van der Waals surface area contributed by atoms with Crippen LogP contribution in [-0.2, 0) is 13.2 Å². The number of pyridine rings is 4. The van der Waals surface area contributed by atoms with Crippen molar-refractivity contribution in [2.45, 2.75) is 13.2 Å². The molecule has 0 aliphatic rings. The fourth-order valence-electron chi connectivity index (χ4n) is 5.93. The SMILES string of the molecule is O=C(Nc1cccnc1)c1cc(-c2ccnc(F)c2)ccc1OCc1ccccc1.O=C(Nc1cccnc1)c1cc(-c2ccnc(F)c2)ccc1OCc1ccccc1. The molecule has 8 rings (SSSR count). The molecule has 0 radical (unpaired) electrons. The maximum atomic E-state index is 13.6. The minimum atomic E-state index is -0.585. The quantitative estimate of drug-likeness (QED) is 0.117. The van der Waals surface area contributed by atoms with Crippen molar-refractivity contribution in [3.8, 4) is 33.8 Å². The molecule has 0 saturated carbocycles. The molecule has 2 N–H and O–H groups in total. The molecule has 8 aromatic rings. The highest BCUT2D eigenvalue weighted by molar-refractivity contribution is 6.07. The molecule has 0 atom stereocenters. The van der Waals surface area contributed by atoms with Crippen LogP contribution in [0.15, 0.2) is 183 Å². The number of nitrogens with zero attached hydrogens (tertiary/aromatic N) is 4. The van der Waals surface area contributed by atoms with E-state index in [2.05, 4.69) is 30.6 Å². The Balaban J connectivity index is 0.000000181. The maximum Gasteiger partial charge on any atom is 0.259 e. The topological polar surface area (TPSA) is 128 Å². The molecular weight excluding hydrogens is 763 g/mol. The minimum Gasteiger partial charge on any atom is -0.488 e. The van der Waals surface area contributed by atoms with Crippen LogP contribution in [0.1, 0.15) is 31.8 Å². The van der Waals surface area contributed by atoms with Gasteiger partial charge >= 0.3 is 0 Å². The zero-order valence-corrected chi connectivity index (χ0v) is 31.9. The fraction of sp³-hybridized carbons (Fsp3) is 0.0417. The number of amides is 2. The summed E-state index contributed by atoms with van der Waals surface area (Å²) >= 11 is 0. The van der Waals surface area contributed by atoms with E-state index in [1.54, 1.807) is 97.6 Å². The summed E-state index contributed by atoms with van der Waals surface area (Å²) in [6.45, 7) is 0.633. The monoisotopic (exact) mass is 798 g/mol. The van der Waals surface area contributed by atoms with Gasteiger partial charge in [0.2, 0.25) is 11.9 Å². The molecule has 10 nitrogen and oxygen atoms in total. The second-order valence-electron chi connectivity index (χ2n) is 13.1. The normalized spacial score (nSPS) is 10.4. The second-order valence-corrected chi connectivity index (χ2v) is 13.1. The number of ether oxygens (including phenoxy) is 2. The Hall–Kier alpha value is -8.12. The number of anilines is 2. The van der Waals surface area contributed by atoms with Crippen LogP contribution in [0.5, 0.6) is 11.5 Å². The Kier molecular flexibility index (Phi) is 13.3. The average Bonchev–Trinajstić information content (AvgIpc) is 3.29. The minimum absolute atomic E-state index is 0.317. The van der Waals surface area contributed by atoms with E-state index in [4.69, 9.17) is 9.47 Å². The van der Waals surface area contributed by atoms with E-state index in [1.165, 1.54) is 24.5 Å². The molecule has 0 fully saturated rings. The van der Waals surface area contributed by atoms with Gasteiger partial charge in [0, 0.05) is 36.9 Å². The lowest BCUT2D eigenvalue weighted by atomic mass is 10.0. The smallest absolute Gasteiger partial charge is 0.259 e. The Morgan fingerprint density at radius 1 is 0.467 bits per heavy atom. The number of carbonyl (C=O) groups excluding carboxylic acids is 2. The number of hydrogen-bond acceptors (Lipinski definition) is 8. The Bertz CT molecular complexity index is 2490. The van der Waals surface area contributed by atoms with Crippen molar-refractivity contribution in [1.29, 1.82) is 0 Å². The molecule has 296 valence electrons. The van der Waals surface area contributed by atoms with E-state index in [0.29, 0.717) is 69.5 Å². The van der Waals surface area contributed by atoms with E-state index >= 15 is 0 Å². The highest BCUT2D eigenvalue weighted by Crippen LogP contribution is 2.30. The molecular formula is C48H36F2N6O4. The van der Waals surface area contributed by atoms with Crippen LogP contribution in [0, 0.1) is 11.9 Å². The largest absolute Gasteiger partial charge is 0.488 e.